The molecule has 0 amide bonds. The molecule has 0 fully saturated rings. The molecule has 0 bridgehead atoms. The maximum Gasteiger partial charge on any atom is 0.195 e. The van der Waals surface area contributed by atoms with E-state index in [2.05, 4.69) is 34.2 Å². The molecule has 2 aromatic heterocycles. The summed E-state index contributed by atoms with van der Waals surface area (Å²) in [5, 5.41) is 15.5. The summed E-state index contributed by atoms with van der Waals surface area (Å²) in [5.74, 6) is 0.858. The van der Waals surface area contributed by atoms with E-state index in [9.17, 15) is 0 Å². The molecular weight excluding hydrogens is 246 g/mol. The van der Waals surface area contributed by atoms with Gasteiger partial charge in [0.05, 0.1) is 11.4 Å². The van der Waals surface area contributed by atoms with E-state index < -0.39 is 0 Å². The van der Waals surface area contributed by atoms with E-state index in [1.165, 1.54) is 0 Å². The molecule has 0 saturated carbocycles. The van der Waals surface area contributed by atoms with Crippen LogP contribution in [0.2, 0.25) is 0 Å². The molecule has 5 nitrogen and oxygen atoms in total. The van der Waals surface area contributed by atoms with Gasteiger partial charge < -0.3 is 4.57 Å². The first-order valence-electron chi connectivity index (χ1n) is 6.16. The maximum atomic E-state index is 5.26. The second-order valence-electron chi connectivity index (χ2n) is 4.20. The lowest BCUT2D eigenvalue weighted by molar-refractivity contribution is 0.673. The number of aromatic nitrogens is 5. The highest BCUT2D eigenvalue weighted by atomic mass is 32.1. The van der Waals surface area contributed by atoms with Crippen LogP contribution in [0.4, 0.5) is 0 Å². The molecule has 18 heavy (non-hydrogen) atoms. The topological polar surface area (TPSA) is 59.4 Å². The fourth-order valence-electron chi connectivity index (χ4n) is 1.92. The highest BCUT2D eigenvalue weighted by Gasteiger charge is 2.13. The summed E-state index contributed by atoms with van der Waals surface area (Å²) < 4.78 is 2.67. The summed E-state index contributed by atoms with van der Waals surface area (Å²) in [6.45, 7) is 6.97. The number of nitrogens with zero attached hydrogens (tertiary/aromatic N) is 4. The molecule has 0 unspecified atom stereocenters. The van der Waals surface area contributed by atoms with E-state index in [1.807, 2.05) is 17.6 Å². The van der Waals surface area contributed by atoms with E-state index in [0.717, 1.165) is 42.2 Å². The normalized spacial score (nSPS) is 10.8. The van der Waals surface area contributed by atoms with Crippen LogP contribution in [-0.2, 0) is 13.0 Å². The number of nitrogens with one attached hydrogen (secondary N) is 1. The first-order chi connectivity index (χ1) is 8.67. The third kappa shape index (κ3) is 2.33. The van der Waals surface area contributed by atoms with Crippen molar-refractivity contribution < 1.29 is 0 Å². The Bertz CT molecular complexity index is 599. The molecule has 0 radical (unpaired) electrons. The molecule has 0 aliphatic rings. The first kappa shape index (κ1) is 12.9. The van der Waals surface area contributed by atoms with Crippen LogP contribution in [0.15, 0.2) is 6.07 Å². The average Bonchev–Trinajstić information content (AvgIpc) is 2.72. The van der Waals surface area contributed by atoms with Crippen LogP contribution in [0.5, 0.6) is 0 Å². The Labute approximate surface area is 111 Å². The van der Waals surface area contributed by atoms with Crippen LogP contribution in [0.1, 0.15) is 31.7 Å². The Kier molecular flexibility index (Phi) is 3.86. The van der Waals surface area contributed by atoms with Crippen LogP contribution < -0.4 is 0 Å². The Morgan fingerprint density at radius 1 is 1.33 bits per heavy atom. The van der Waals surface area contributed by atoms with Gasteiger partial charge in [-0.2, -0.15) is 15.3 Å². The monoisotopic (exact) mass is 263 g/mol. The van der Waals surface area contributed by atoms with Crippen LogP contribution in [0.3, 0.4) is 0 Å². The number of aromatic amines is 1. The number of hydrogen-bond donors (Lipinski definition) is 1. The maximum absolute atomic E-state index is 5.26. The van der Waals surface area contributed by atoms with E-state index >= 15 is 0 Å². The number of rotatable bonds is 4. The summed E-state index contributed by atoms with van der Waals surface area (Å²) in [7, 11) is 0. The SMILES string of the molecule is CCCn1c(-c2cc(C)nnc2CC)n[nH]c1=S. The molecule has 0 spiro atoms. The lowest BCUT2D eigenvalue weighted by Crippen LogP contribution is -2.04. The van der Waals surface area contributed by atoms with Crippen molar-refractivity contribution in [3.63, 3.8) is 0 Å². The fourth-order valence-corrected chi connectivity index (χ4v) is 2.15. The molecule has 6 heteroatoms. The lowest BCUT2D eigenvalue weighted by atomic mass is 10.1. The van der Waals surface area contributed by atoms with Crippen molar-refractivity contribution in [1.29, 1.82) is 0 Å². The molecule has 0 aromatic carbocycles. The minimum atomic E-state index is 0.656. The zero-order chi connectivity index (χ0) is 13.1. The minimum Gasteiger partial charge on any atom is -0.300 e. The van der Waals surface area contributed by atoms with Gasteiger partial charge in [0.25, 0.3) is 0 Å². The van der Waals surface area contributed by atoms with Gasteiger partial charge in [0.15, 0.2) is 10.6 Å². The molecule has 2 aromatic rings. The van der Waals surface area contributed by atoms with Crippen LogP contribution >= 0.6 is 12.2 Å². The fraction of sp³-hybridized carbons (Fsp3) is 0.500. The van der Waals surface area contributed by atoms with E-state index in [1.54, 1.807) is 0 Å². The van der Waals surface area contributed by atoms with E-state index in [4.69, 9.17) is 12.2 Å². The van der Waals surface area contributed by atoms with Crippen LogP contribution in [0, 0.1) is 11.7 Å². The van der Waals surface area contributed by atoms with Crippen molar-refractivity contribution in [1.82, 2.24) is 25.0 Å². The Morgan fingerprint density at radius 3 is 2.78 bits per heavy atom. The van der Waals surface area contributed by atoms with Gasteiger partial charge in [-0.3, -0.25) is 5.10 Å². The molecule has 0 saturated heterocycles. The van der Waals surface area contributed by atoms with Gasteiger partial charge in [0.1, 0.15) is 0 Å². The first-order valence-corrected chi connectivity index (χ1v) is 6.57. The van der Waals surface area contributed by atoms with E-state index in [0.29, 0.717) is 4.77 Å². The van der Waals surface area contributed by atoms with Gasteiger partial charge >= 0.3 is 0 Å². The van der Waals surface area contributed by atoms with Crippen molar-refractivity contribution in [3.05, 3.63) is 22.2 Å². The van der Waals surface area contributed by atoms with Gasteiger partial charge in [-0.05, 0) is 38.0 Å². The molecule has 0 atom stereocenters. The van der Waals surface area contributed by atoms with Crippen molar-refractivity contribution >= 4 is 12.2 Å². The summed E-state index contributed by atoms with van der Waals surface area (Å²) in [6, 6.07) is 2.02. The molecule has 0 aliphatic heterocycles. The zero-order valence-electron chi connectivity index (χ0n) is 10.9. The smallest absolute Gasteiger partial charge is 0.195 e. The Morgan fingerprint density at radius 2 is 2.11 bits per heavy atom. The second kappa shape index (κ2) is 5.39. The van der Waals surface area contributed by atoms with Crippen LogP contribution in [0.25, 0.3) is 11.4 Å². The second-order valence-corrected chi connectivity index (χ2v) is 4.59. The molecule has 0 aliphatic carbocycles. The van der Waals surface area contributed by atoms with Gasteiger partial charge in [-0.1, -0.05) is 13.8 Å². The van der Waals surface area contributed by atoms with Crippen molar-refractivity contribution in [3.8, 4) is 11.4 Å². The van der Waals surface area contributed by atoms with Gasteiger partial charge in [-0.25, -0.2) is 0 Å². The number of aryl methyl sites for hydroxylation is 2. The standard InChI is InChI=1S/C12H17N5S/c1-4-6-17-11(15-16-12(17)18)9-7-8(3)13-14-10(9)5-2/h7H,4-6H2,1-3H3,(H,16,18). The Hall–Kier alpha value is -1.56. The summed E-state index contributed by atoms with van der Waals surface area (Å²) in [6.07, 6.45) is 1.84. The molecule has 2 rings (SSSR count). The third-order valence-corrected chi connectivity index (χ3v) is 3.09. The van der Waals surface area contributed by atoms with Crippen molar-refractivity contribution in [2.45, 2.75) is 40.2 Å². The highest BCUT2D eigenvalue weighted by Crippen LogP contribution is 2.21. The highest BCUT2D eigenvalue weighted by molar-refractivity contribution is 7.71. The zero-order valence-corrected chi connectivity index (χ0v) is 11.7. The van der Waals surface area contributed by atoms with Gasteiger partial charge in [0.2, 0.25) is 0 Å². The molecule has 2 heterocycles. The summed E-state index contributed by atoms with van der Waals surface area (Å²) >= 11 is 5.26. The predicted octanol–water partition coefficient (Wildman–Crippen LogP) is 2.68. The molecular formula is C12H17N5S. The quantitative estimate of drug-likeness (QED) is 0.862. The summed E-state index contributed by atoms with van der Waals surface area (Å²) in [4.78, 5) is 0. The number of H-pyrrole nitrogens is 1. The third-order valence-electron chi connectivity index (χ3n) is 2.77. The average molecular weight is 263 g/mol. The largest absolute Gasteiger partial charge is 0.300 e. The van der Waals surface area contributed by atoms with Gasteiger partial charge in [0, 0.05) is 12.1 Å². The van der Waals surface area contributed by atoms with Gasteiger partial charge in [-0.15, -0.1) is 0 Å². The van der Waals surface area contributed by atoms with E-state index in [-0.39, 0.29) is 0 Å². The Balaban J connectivity index is 2.61. The molecule has 96 valence electrons. The van der Waals surface area contributed by atoms with Crippen molar-refractivity contribution in [2.24, 2.45) is 0 Å². The molecule has 1 N–H and O–H groups in total. The summed E-state index contributed by atoms with van der Waals surface area (Å²) in [5.41, 5.74) is 2.86. The predicted molar refractivity (Wildman–Crippen MR) is 72.8 cm³/mol. The number of hydrogen-bond acceptors (Lipinski definition) is 4. The van der Waals surface area contributed by atoms with Crippen molar-refractivity contribution in [2.75, 3.05) is 0 Å². The van der Waals surface area contributed by atoms with Crippen LogP contribution in [-0.4, -0.2) is 25.0 Å². The minimum absolute atomic E-state index is 0.656. The lowest BCUT2D eigenvalue weighted by Gasteiger charge is -2.08.